The van der Waals surface area contributed by atoms with Crippen LogP contribution in [0.3, 0.4) is 0 Å². The molecule has 1 spiro atoms. The number of nitriles is 1. The van der Waals surface area contributed by atoms with Crippen LogP contribution in [0.15, 0.2) is 18.3 Å². The van der Waals surface area contributed by atoms with E-state index in [1.165, 1.54) is 31.3 Å². The molecule has 3 saturated heterocycles. The largest absolute Gasteiger partial charge is 0.467 e. The van der Waals surface area contributed by atoms with Crippen LogP contribution in [0.4, 0.5) is 32.5 Å². The van der Waals surface area contributed by atoms with Crippen molar-refractivity contribution in [3.8, 4) is 12.1 Å². The Morgan fingerprint density at radius 3 is 2.80 bits per heavy atom. The molecule has 0 aliphatic carbocycles. The van der Waals surface area contributed by atoms with E-state index in [2.05, 4.69) is 25.9 Å². The van der Waals surface area contributed by atoms with Crippen LogP contribution in [0.2, 0.25) is 0 Å². The number of nitro groups is 1. The first kappa shape index (κ1) is 31.1. The smallest absolute Gasteiger partial charge is 0.353 e. The molecule has 13 nitrogen and oxygen atoms in total. The summed E-state index contributed by atoms with van der Waals surface area (Å²) in [4.78, 5) is 31.6. The van der Waals surface area contributed by atoms with Crippen molar-refractivity contribution < 1.29 is 14.1 Å². The highest BCUT2D eigenvalue weighted by Gasteiger charge is 2.54. The van der Waals surface area contributed by atoms with Crippen LogP contribution in [0.5, 0.6) is 6.01 Å². The second-order valence-electron chi connectivity index (χ2n) is 11.7. The first-order valence-electron chi connectivity index (χ1n) is 14.7. The summed E-state index contributed by atoms with van der Waals surface area (Å²) in [5, 5.41) is 22.5. The summed E-state index contributed by atoms with van der Waals surface area (Å²) in [7, 11) is 3.13. The van der Waals surface area contributed by atoms with Crippen molar-refractivity contribution >= 4 is 51.2 Å². The van der Waals surface area contributed by atoms with E-state index in [-0.39, 0.29) is 34.1 Å². The number of nitrogen functional groups attached to an aromatic ring is 2. The third-order valence-electron chi connectivity index (χ3n) is 9.14. The first-order valence-corrected chi connectivity index (χ1v) is 16.5. The lowest BCUT2D eigenvalue weighted by Gasteiger charge is -2.48. The van der Waals surface area contributed by atoms with Gasteiger partial charge in [-0.25, -0.2) is 9.37 Å². The van der Waals surface area contributed by atoms with E-state index < -0.39 is 11.1 Å². The van der Waals surface area contributed by atoms with Crippen molar-refractivity contribution in [2.24, 2.45) is 0 Å². The highest BCUT2D eigenvalue weighted by atomic mass is 32.2. The molecule has 4 aliphatic rings. The number of pyridine rings is 1. The van der Waals surface area contributed by atoms with Crippen molar-refractivity contribution in [3.63, 3.8) is 0 Å². The molecule has 3 atom stereocenters. The van der Waals surface area contributed by atoms with Gasteiger partial charge in [0.05, 0.1) is 28.4 Å². The van der Waals surface area contributed by atoms with Crippen LogP contribution >= 0.6 is 23.1 Å². The van der Waals surface area contributed by atoms with Crippen molar-refractivity contribution in [2.75, 3.05) is 61.6 Å². The predicted octanol–water partition coefficient (Wildman–Crippen LogP) is 4.24. The second-order valence-corrected chi connectivity index (χ2v) is 14.2. The average molecular weight is 655 g/mol. The number of fused-ring (bicyclic) bond motifs is 3. The number of methoxy groups -OCH3 is 1. The second kappa shape index (κ2) is 12.1. The number of rotatable bonds is 6. The van der Waals surface area contributed by atoms with Crippen LogP contribution in [-0.4, -0.2) is 77.3 Å². The molecule has 0 aromatic carbocycles. The van der Waals surface area contributed by atoms with Gasteiger partial charge < -0.3 is 26.0 Å². The molecule has 3 unspecified atom stereocenters. The van der Waals surface area contributed by atoms with Crippen LogP contribution in [0.1, 0.15) is 53.8 Å². The molecular formula is C29H35FN10O3S2. The first-order chi connectivity index (χ1) is 21.6. The van der Waals surface area contributed by atoms with Crippen molar-refractivity contribution in [1.29, 1.82) is 5.26 Å². The van der Waals surface area contributed by atoms with Gasteiger partial charge in [-0.2, -0.15) is 15.2 Å². The lowest BCUT2D eigenvalue weighted by atomic mass is 9.88. The highest BCUT2D eigenvalue weighted by Crippen LogP contribution is 2.58. The van der Waals surface area contributed by atoms with E-state index in [9.17, 15) is 19.8 Å². The number of nitrogens with two attached hydrogens (primary N) is 2. The number of hydrogen-bond acceptors (Lipinski definition) is 14. The van der Waals surface area contributed by atoms with Crippen LogP contribution in [0, 0.1) is 21.4 Å². The fourth-order valence-corrected chi connectivity index (χ4v) is 9.58. The Kier molecular flexibility index (Phi) is 8.35. The van der Waals surface area contributed by atoms with Crippen molar-refractivity contribution in [3.05, 3.63) is 50.0 Å². The third kappa shape index (κ3) is 5.46. The fourth-order valence-electron chi connectivity index (χ4n) is 6.77. The van der Waals surface area contributed by atoms with E-state index in [0.717, 1.165) is 29.2 Å². The van der Waals surface area contributed by atoms with Crippen LogP contribution < -0.4 is 26.0 Å². The summed E-state index contributed by atoms with van der Waals surface area (Å²) >= 11 is 3.17. The molecule has 0 bridgehead atoms. The van der Waals surface area contributed by atoms with Gasteiger partial charge in [0.2, 0.25) is 11.6 Å². The SMILES string of the molecule is COc1nc(N2CC3(C2)SCc2sc(N)c(C#N)c23)c([N+](=O)[O-])c(N(C)C(C)c2cccnc2N)n1.FC1CC2CCCN2C1. The van der Waals surface area contributed by atoms with Crippen LogP contribution in [-0.2, 0) is 10.5 Å². The number of thioether (sulfide) groups is 1. The van der Waals surface area contributed by atoms with Crippen molar-refractivity contribution in [1.82, 2.24) is 19.9 Å². The average Bonchev–Trinajstić information content (AvgIpc) is 3.75. The number of halogens is 1. The molecule has 7 rings (SSSR count). The maximum Gasteiger partial charge on any atom is 0.353 e. The van der Waals surface area contributed by atoms with Crippen molar-refractivity contribution in [2.45, 2.75) is 54.9 Å². The van der Waals surface area contributed by atoms with Gasteiger partial charge in [-0.05, 0) is 38.8 Å². The minimum absolute atomic E-state index is 0.0158. The lowest BCUT2D eigenvalue weighted by Crippen LogP contribution is -2.57. The Bertz CT molecular complexity index is 1650. The Balaban J connectivity index is 0.000000337. The molecule has 0 amide bonds. The zero-order valence-electron chi connectivity index (χ0n) is 25.3. The Hall–Kier alpha value is -3.94. The predicted molar refractivity (Wildman–Crippen MR) is 173 cm³/mol. The maximum absolute atomic E-state index is 12.6. The molecule has 0 saturated carbocycles. The molecule has 4 aliphatic heterocycles. The summed E-state index contributed by atoms with van der Waals surface area (Å²) in [6, 6.07) is 6.08. The lowest BCUT2D eigenvalue weighted by molar-refractivity contribution is -0.383. The maximum atomic E-state index is 12.6. The Morgan fingerprint density at radius 1 is 1.36 bits per heavy atom. The molecule has 0 radical (unpaired) electrons. The molecule has 3 fully saturated rings. The van der Waals surface area contributed by atoms with E-state index in [4.69, 9.17) is 16.2 Å². The summed E-state index contributed by atoms with van der Waals surface area (Å²) < 4.78 is 17.6. The number of anilines is 4. The molecular weight excluding hydrogens is 620 g/mol. The zero-order valence-corrected chi connectivity index (χ0v) is 26.9. The highest BCUT2D eigenvalue weighted by molar-refractivity contribution is 8.00. The van der Waals surface area contributed by atoms with Gasteiger partial charge in [0.1, 0.15) is 23.1 Å². The van der Waals surface area contributed by atoms with E-state index in [1.807, 2.05) is 17.9 Å². The number of alkyl halides is 1. The Morgan fingerprint density at radius 2 is 2.13 bits per heavy atom. The minimum Gasteiger partial charge on any atom is -0.467 e. The molecule has 3 aromatic heterocycles. The van der Waals surface area contributed by atoms with E-state index in [0.29, 0.717) is 47.6 Å². The van der Waals surface area contributed by atoms with Crippen LogP contribution in [0.25, 0.3) is 0 Å². The molecule has 16 heteroatoms. The number of aromatic nitrogens is 3. The standard InChI is InChI=1S/C22H23N9O3S2.C7H12FN/c1-11(12-5-4-6-26-17(12)24)29(2)19-16(31(32)33)20(28-21(27-19)34-3)30-9-22(10-30)15-13(7-23)18(25)36-14(15)8-35-22;8-6-4-7-2-1-3-9(7)5-6/h4-6,11H,8-10,25H2,1-3H3,(H2,24,26);6-7H,1-5H2. The fraction of sp³-hybridized carbons (Fsp3) is 0.517. The number of ether oxygens (including phenoxy) is 1. The Labute approximate surface area is 268 Å². The van der Waals surface area contributed by atoms with Gasteiger partial charge >= 0.3 is 11.7 Å². The summed E-state index contributed by atoms with van der Waals surface area (Å²) in [6.07, 6.45) is 4.40. The summed E-state index contributed by atoms with van der Waals surface area (Å²) in [5.74, 6) is 1.37. The van der Waals surface area contributed by atoms with Gasteiger partial charge in [0.15, 0.2) is 0 Å². The molecule has 3 aromatic rings. The minimum atomic E-state index is -0.518. The number of hydrogen-bond donors (Lipinski definition) is 2. The monoisotopic (exact) mass is 654 g/mol. The van der Waals surface area contributed by atoms with Gasteiger partial charge in [0.25, 0.3) is 0 Å². The van der Waals surface area contributed by atoms with E-state index in [1.54, 1.807) is 36.0 Å². The summed E-state index contributed by atoms with van der Waals surface area (Å²) in [5.41, 5.74) is 14.1. The normalized spacial score (nSPS) is 21.7. The van der Waals surface area contributed by atoms with Gasteiger partial charge in [0, 0.05) is 60.7 Å². The number of thiophene rings is 1. The van der Waals surface area contributed by atoms with E-state index >= 15 is 0 Å². The topological polar surface area (TPSA) is 177 Å². The summed E-state index contributed by atoms with van der Waals surface area (Å²) in [6.45, 7) is 4.62. The molecule has 238 valence electrons. The third-order valence-corrected chi connectivity index (χ3v) is 11.8. The zero-order chi connectivity index (χ0) is 32.0. The molecule has 45 heavy (non-hydrogen) atoms. The molecule has 7 heterocycles. The molecule has 4 N–H and O–H groups in total. The quantitative estimate of drug-likeness (QED) is 0.285. The van der Waals surface area contributed by atoms with Gasteiger partial charge in [-0.1, -0.05) is 6.07 Å². The van der Waals surface area contributed by atoms with Gasteiger partial charge in [-0.15, -0.1) is 23.1 Å². The number of nitrogens with zero attached hydrogens (tertiary/aromatic N) is 8. The van der Waals surface area contributed by atoms with Gasteiger partial charge in [-0.3, -0.25) is 15.0 Å².